The zero-order chi connectivity index (χ0) is 21.8. The van der Waals surface area contributed by atoms with Crippen LogP contribution in [0, 0.1) is 0 Å². The van der Waals surface area contributed by atoms with E-state index in [9.17, 15) is 14.7 Å². The summed E-state index contributed by atoms with van der Waals surface area (Å²) in [5.74, 6) is -1.28. The average molecular weight is 446 g/mol. The second-order valence-corrected chi connectivity index (χ2v) is 7.27. The van der Waals surface area contributed by atoms with Crippen molar-refractivity contribution < 1.29 is 24.2 Å². The third-order valence-corrected chi connectivity index (χ3v) is 4.87. The number of carboxylic acids is 1. The molecule has 9 heteroatoms. The van der Waals surface area contributed by atoms with Crippen molar-refractivity contribution in [3.63, 3.8) is 0 Å². The van der Waals surface area contributed by atoms with Crippen molar-refractivity contribution in [3.8, 4) is 11.5 Å². The average Bonchev–Trinajstić information content (AvgIpc) is 2.71. The highest BCUT2D eigenvalue weighted by Gasteiger charge is 2.33. The smallest absolute Gasteiger partial charge is 0.171 e. The molecule has 30 heavy (non-hydrogen) atoms. The van der Waals surface area contributed by atoms with E-state index in [1.807, 2.05) is 30.3 Å². The second-order valence-electron chi connectivity index (χ2n) is 6.43. The molecule has 0 fully saturated rings. The monoisotopic (exact) mass is 445 g/mol. The van der Waals surface area contributed by atoms with Gasteiger partial charge in [-0.25, -0.2) is 0 Å². The molecule has 7 nitrogen and oxygen atoms in total. The zero-order valence-electron chi connectivity index (χ0n) is 16.2. The highest BCUT2D eigenvalue weighted by atomic mass is 35.5. The molecule has 2 N–H and O–H groups in total. The van der Waals surface area contributed by atoms with Crippen molar-refractivity contribution in [3.05, 3.63) is 64.2 Å². The first-order valence-corrected chi connectivity index (χ1v) is 9.68. The molecule has 0 aliphatic carbocycles. The number of methoxy groups -OCH3 is 1. The quantitative estimate of drug-likeness (QED) is 0.624. The lowest BCUT2D eigenvalue weighted by atomic mass is 9.90. The van der Waals surface area contributed by atoms with Gasteiger partial charge in [0.15, 0.2) is 22.4 Å². The van der Waals surface area contributed by atoms with Crippen LogP contribution in [0.25, 0.3) is 5.70 Å². The van der Waals surface area contributed by atoms with Crippen LogP contribution in [-0.4, -0.2) is 30.6 Å². The van der Waals surface area contributed by atoms with Crippen molar-refractivity contribution in [1.82, 2.24) is 10.6 Å². The highest BCUT2D eigenvalue weighted by Crippen LogP contribution is 2.42. The number of carbonyl (C=O) groups excluding carboxylic acids is 2. The minimum atomic E-state index is -1.40. The number of aliphatic carboxylic acids is 1. The molecule has 0 aromatic heterocycles. The number of rotatable bonds is 7. The van der Waals surface area contributed by atoms with E-state index in [4.69, 9.17) is 33.3 Å². The number of carbonyl (C=O) groups is 2. The summed E-state index contributed by atoms with van der Waals surface area (Å²) in [4.78, 5) is 23.7. The lowest BCUT2D eigenvalue weighted by Crippen LogP contribution is -2.44. The van der Waals surface area contributed by atoms with Crippen LogP contribution in [-0.2, 0) is 9.59 Å². The zero-order valence-corrected chi connectivity index (χ0v) is 17.7. The van der Waals surface area contributed by atoms with Gasteiger partial charge >= 0.3 is 0 Å². The van der Waals surface area contributed by atoms with E-state index >= 15 is 0 Å². The van der Waals surface area contributed by atoms with E-state index in [0.717, 1.165) is 5.56 Å². The van der Waals surface area contributed by atoms with Gasteiger partial charge < -0.3 is 30.0 Å². The van der Waals surface area contributed by atoms with Crippen LogP contribution in [0.2, 0.25) is 5.02 Å². The lowest BCUT2D eigenvalue weighted by molar-refractivity contribution is -0.307. The fraction of sp³-hybridized carbons (Fsp3) is 0.190. The van der Waals surface area contributed by atoms with E-state index in [2.05, 4.69) is 10.6 Å². The molecule has 156 valence electrons. The molecule has 0 spiro atoms. The van der Waals surface area contributed by atoms with Gasteiger partial charge in [-0.2, -0.15) is 0 Å². The molecule has 1 heterocycles. The minimum absolute atomic E-state index is 0.125. The van der Waals surface area contributed by atoms with E-state index < -0.39 is 18.6 Å². The van der Waals surface area contributed by atoms with Gasteiger partial charge in [-0.3, -0.25) is 4.79 Å². The van der Waals surface area contributed by atoms with Crippen molar-refractivity contribution in [2.24, 2.45) is 0 Å². The molecule has 0 amide bonds. The lowest BCUT2D eigenvalue weighted by Gasteiger charge is -2.32. The summed E-state index contributed by atoms with van der Waals surface area (Å²) in [6.45, 7) is 0.734. The fourth-order valence-electron chi connectivity index (χ4n) is 3.25. The first kappa shape index (κ1) is 21.6. The number of hydrogen-bond acceptors (Lipinski definition) is 6. The van der Waals surface area contributed by atoms with Crippen LogP contribution >= 0.6 is 23.8 Å². The molecule has 0 unspecified atom stereocenters. The van der Waals surface area contributed by atoms with Gasteiger partial charge in [0.05, 0.1) is 24.8 Å². The molecule has 1 aliphatic rings. The number of nitrogens with one attached hydrogen (secondary N) is 2. The van der Waals surface area contributed by atoms with Gasteiger partial charge in [-0.05, 0) is 30.8 Å². The number of thiocarbonyl (C=S) groups is 1. The second kappa shape index (κ2) is 9.15. The van der Waals surface area contributed by atoms with Gasteiger partial charge in [-0.1, -0.05) is 41.9 Å². The SMILES string of the molecule is COc1cc(Cl)cc([C@@H]2NC(=S)NC(c3ccccc3)=C2C(C)=O)c1OCC(=O)[O-]. The Hall–Kier alpha value is -3.10. The maximum atomic E-state index is 12.7. The van der Waals surface area contributed by atoms with Gasteiger partial charge in [-0.15, -0.1) is 0 Å². The molecule has 1 aliphatic heterocycles. The van der Waals surface area contributed by atoms with Gasteiger partial charge in [0.2, 0.25) is 0 Å². The maximum Gasteiger partial charge on any atom is 0.171 e. The number of ketones is 1. The standard InChI is InChI=1S/C21H19ClN2O5S/c1-11(25)17-18(12-6-4-3-5-7-12)23-21(30)24-19(17)14-8-13(22)9-15(28-2)20(14)29-10-16(26)27/h3-9,19H,10H2,1-2H3,(H,26,27)(H2,23,24,30)/p-1/t19-/m0/s1. The summed E-state index contributed by atoms with van der Waals surface area (Å²) in [5, 5.41) is 17.7. The fourth-order valence-corrected chi connectivity index (χ4v) is 3.69. The molecule has 3 rings (SSSR count). The molecule has 2 aromatic rings. The van der Waals surface area contributed by atoms with Crippen LogP contribution < -0.4 is 25.2 Å². The summed E-state index contributed by atoms with van der Waals surface area (Å²) < 4.78 is 10.8. The number of hydrogen-bond donors (Lipinski definition) is 2. The molecule has 0 saturated carbocycles. The Morgan fingerprint density at radius 1 is 1.23 bits per heavy atom. The van der Waals surface area contributed by atoms with Crippen LogP contribution in [0.5, 0.6) is 11.5 Å². The Labute approximate surface area is 183 Å². The number of benzene rings is 2. The summed E-state index contributed by atoms with van der Waals surface area (Å²) in [6.07, 6.45) is 0. The number of carboxylic acid groups (broad SMARTS) is 1. The first-order valence-electron chi connectivity index (χ1n) is 8.90. The molecule has 1 atom stereocenters. The summed E-state index contributed by atoms with van der Waals surface area (Å²) in [5.41, 5.74) is 2.10. The summed E-state index contributed by atoms with van der Waals surface area (Å²) in [6, 6.07) is 11.6. The number of halogens is 1. The van der Waals surface area contributed by atoms with E-state index in [-0.39, 0.29) is 22.4 Å². The van der Waals surface area contributed by atoms with Crippen molar-refractivity contribution in [2.75, 3.05) is 13.7 Å². The number of Topliss-reactive ketones (excluding diaryl/α,β-unsaturated/α-hetero) is 1. The van der Waals surface area contributed by atoms with Crippen LogP contribution in [0.1, 0.15) is 24.1 Å². The Balaban J connectivity index is 2.24. The van der Waals surface area contributed by atoms with E-state index in [1.165, 1.54) is 20.1 Å². The molecular weight excluding hydrogens is 428 g/mol. The molecular formula is C21H18ClN2O5S-. The highest BCUT2D eigenvalue weighted by molar-refractivity contribution is 7.80. The summed E-state index contributed by atoms with van der Waals surface area (Å²) in [7, 11) is 1.40. The van der Waals surface area contributed by atoms with Gasteiger partial charge in [0, 0.05) is 22.2 Å². The Bertz CT molecular complexity index is 1040. The molecule has 0 radical (unpaired) electrons. The largest absolute Gasteiger partial charge is 0.546 e. The van der Waals surface area contributed by atoms with E-state index in [0.29, 0.717) is 21.9 Å². The van der Waals surface area contributed by atoms with Crippen molar-refractivity contribution >= 4 is 46.4 Å². The van der Waals surface area contributed by atoms with Gasteiger partial charge in [0.1, 0.15) is 6.61 Å². The summed E-state index contributed by atoms with van der Waals surface area (Å²) >= 11 is 11.6. The Kier molecular flexibility index (Phi) is 6.59. The maximum absolute atomic E-state index is 12.7. The van der Waals surface area contributed by atoms with Crippen molar-refractivity contribution in [1.29, 1.82) is 0 Å². The van der Waals surface area contributed by atoms with Crippen LogP contribution in [0.15, 0.2) is 48.0 Å². The first-order chi connectivity index (χ1) is 14.3. The molecule has 0 bridgehead atoms. The van der Waals surface area contributed by atoms with Crippen molar-refractivity contribution in [2.45, 2.75) is 13.0 Å². The normalized spacial score (nSPS) is 15.8. The Morgan fingerprint density at radius 2 is 1.93 bits per heavy atom. The predicted molar refractivity (Wildman–Crippen MR) is 114 cm³/mol. The topological polar surface area (TPSA) is 99.7 Å². The Morgan fingerprint density at radius 3 is 2.53 bits per heavy atom. The van der Waals surface area contributed by atoms with Crippen LogP contribution in [0.4, 0.5) is 0 Å². The van der Waals surface area contributed by atoms with E-state index in [1.54, 1.807) is 6.07 Å². The third-order valence-electron chi connectivity index (χ3n) is 4.43. The predicted octanol–water partition coefficient (Wildman–Crippen LogP) is 2.00. The van der Waals surface area contributed by atoms with Gasteiger partial charge in [0.25, 0.3) is 0 Å². The minimum Gasteiger partial charge on any atom is -0.546 e. The number of ether oxygens (including phenoxy) is 2. The molecule has 2 aromatic carbocycles. The third kappa shape index (κ3) is 4.55. The molecule has 0 saturated heterocycles. The van der Waals surface area contributed by atoms with Crippen LogP contribution in [0.3, 0.4) is 0 Å².